The fourth-order valence-electron chi connectivity index (χ4n) is 2.13. The number of aromatic nitrogens is 2. The number of rotatable bonds is 1. The molecule has 2 rings (SSSR count). The number of carbonyl (C=O) groups is 1. The third-order valence-corrected chi connectivity index (χ3v) is 3.01. The second-order valence-corrected chi connectivity index (χ2v) is 4.28. The molecule has 1 aliphatic heterocycles. The van der Waals surface area contributed by atoms with Crippen LogP contribution >= 0.6 is 0 Å². The average Bonchev–Trinajstić information content (AvgIpc) is 2.49. The Labute approximate surface area is 95.2 Å². The van der Waals surface area contributed by atoms with Crippen molar-refractivity contribution in [1.29, 1.82) is 0 Å². The number of likely N-dealkylation sites (tertiary alicyclic amines) is 1. The van der Waals surface area contributed by atoms with Gasteiger partial charge < -0.3 is 10.6 Å². The summed E-state index contributed by atoms with van der Waals surface area (Å²) in [5.74, 6) is 0.453. The Bertz CT molecular complexity index is 377. The van der Waals surface area contributed by atoms with E-state index in [0.717, 1.165) is 25.9 Å². The molecule has 5 heteroatoms. The first-order valence-electron chi connectivity index (χ1n) is 5.77. The highest BCUT2D eigenvalue weighted by Crippen LogP contribution is 2.14. The highest BCUT2D eigenvalue weighted by atomic mass is 16.2. The zero-order chi connectivity index (χ0) is 11.5. The maximum atomic E-state index is 12.2. The lowest BCUT2D eigenvalue weighted by atomic mass is 10.2. The summed E-state index contributed by atoms with van der Waals surface area (Å²) >= 11 is 0. The molecular weight excluding hydrogens is 204 g/mol. The van der Waals surface area contributed by atoms with Crippen molar-refractivity contribution in [3.63, 3.8) is 0 Å². The van der Waals surface area contributed by atoms with Gasteiger partial charge in [-0.15, -0.1) is 0 Å². The van der Waals surface area contributed by atoms with Crippen LogP contribution < -0.4 is 5.73 Å². The molecule has 1 fully saturated rings. The van der Waals surface area contributed by atoms with E-state index >= 15 is 0 Å². The molecule has 1 amide bonds. The third kappa shape index (κ3) is 2.18. The van der Waals surface area contributed by atoms with Crippen molar-refractivity contribution in [3.05, 3.63) is 11.8 Å². The summed E-state index contributed by atoms with van der Waals surface area (Å²) in [5.41, 5.74) is 6.16. The SMILES string of the molecule is Cn1nc(N)cc1C(=O)N1CCCCCC1. The number of nitrogens with zero attached hydrogens (tertiary/aromatic N) is 3. The fourth-order valence-corrected chi connectivity index (χ4v) is 2.13. The molecule has 5 nitrogen and oxygen atoms in total. The van der Waals surface area contributed by atoms with Crippen molar-refractivity contribution in [3.8, 4) is 0 Å². The molecule has 16 heavy (non-hydrogen) atoms. The summed E-state index contributed by atoms with van der Waals surface area (Å²) in [6.45, 7) is 1.70. The van der Waals surface area contributed by atoms with E-state index in [0.29, 0.717) is 11.5 Å². The second kappa shape index (κ2) is 4.55. The summed E-state index contributed by atoms with van der Waals surface area (Å²) < 4.78 is 1.56. The second-order valence-electron chi connectivity index (χ2n) is 4.28. The third-order valence-electron chi connectivity index (χ3n) is 3.01. The van der Waals surface area contributed by atoms with Crippen LogP contribution in [0.3, 0.4) is 0 Å². The van der Waals surface area contributed by atoms with Gasteiger partial charge in [-0.05, 0) is 12.8 Å². The van der Waals surface area contributed by atoms with Crippen molar-refractivity contribution in [1.82, 2.24) is 14.7 Å². The fraction of sp³-hybridized carbons (Fsp3) is 0.636. The summed E-state index contributed by atoms with van der Waals surface area (Å²) in [4.78, 5) is 14.1. The average molecular weight is 222 g/mol. The van der Waals surface area contributed by atoms with E-state index in [9.17, 15) is 4.79 Å². The van der Waals surface area contributed by atoms with Crippen molar-refractivity contribution in [2.75, 3.05) is 18.8 Å². The zero-order valence-corrected chi connectivity index (χ0v) is 9.65. The summed E-state index contributed by atoms with van der Waals surface area (Å²) in [5, 5.41) is 4.00. The molecule has 2 heterocycles. The smallest absolute Gasteiger partial charge is 0.272 e. The van der Waals surface area contributed by atoms with Crippen LogP contribution in [0, 0.1) is 0 Å². The van der Waals surface area contributed by atoms with E-state index in [-0.39, 0.29) is 5.91 Å². The van der Waals surface area contributed by atoms with Gasteiger partial charge in [0, 0.05) is 26.2 Å². The van der Waals surface area contributed by atoms with Gasteiger partial charge in [0.25, 0.3) is 5.91 Å². The summed E-state index contributed by atoms with van der Waals surface area (Å²) in [6.07, 6.45) is 4.63. The van der Waals surface area contributed by atoms with E-state index in [1.54, 1.807) is 17.8 Å². The molecule has 1 saturated heterocycles. The van der Waals surface area contributed by atoms with Gasteiger partial charge in [0.2, 0.25) is 0 Å². The number of anilines is 1. The molecular formula is C11H18N4O. The molecule has 0 aliphatic carbocycles. The minimum absolute atomic E-state index is 0.0496. The topological polar surface area (TPSA) is 64.2 Å². The van der Waals surface area contributed by atoms with E-state index in [1.165, 1.54) is 12.8 Å². The van der Waals surface area contributed by atoms with Crippen LogP contribution in [-0.2, 0) is 7.05 Å². The number of hydrogen-bond donors (Lipinski definition) is 1. The van der Waals surface area contributed by atoms with Gasteiger partial charge in [0.15, 0.2) is 0 Å². The summed E-state index contributed by atoms with van der Waals surface area (Å²) in [6, 6.07) is 1.65. The molecule has 2 N–H and O–H groups in total. The van der Waals surface area contributed by atoms with Gasteiger partial charge in [0.05, 0.1) is 0 Å². The minimum Gasteiger partial charge on any atom is -0.382 e. The molecule has 1 aliphatic rings. The molecule has 0 atom stereocenters. The first kappa shape index (κ1) is 11.0. The van der Waals surface area contributed by atoms with Gasteiger partial charge in [-0.25, -0.2) is 0 Å². The van der Waals surface area contributed by atoms with Crippen molar-refractivity contribution in [2.24, 2.45) is 7.05 Å². The highest BCUT2D eigenvalue weighted by molar-refractivity contribution is 5.93. The predicted molar refractivity (Wildman–Crippen MR) is 62.0 cm³/mol. The van der Waals surface area contributed by atoms with Crippen molar-refractivity contribution >= 4 is 11.7 Å². The largest absolute Gasteiger partial charge is 0.382 e. The maximum Gasteiger partial charge on any atom is 0.272 e. The lowest BCUT2D eigenvalue weighted by molar-refractivity contribution is 0.0750. The van der Waals surface area contributed by atoms with Crippen LogP contribution in [0.4, 0.5) is 5.82 Å². The molecule has 1 aromatic rings. The van der Waals surface area contributed by atoms with Gasteiger partial charge in [0.1, 0.15) is 11.5 Å². The number of nitrogen functional groups attached to an aromatic ring is 1. The first-order valence-corrected chi connectivity index (χ1v) is 5.77. The Balaban J connectivity index is 2.14. The highest BCUT2D eigenvalue weighted by Gasteiger charge is 2.20. The monoisotopic (exact) mass is 222 g/mol. The molecule has 0 radical (unpaired) electrons. The molecule has 1 aromatic heterocycles. The minimum atomic E-state index is 0.0496. The number of hydrogen-bond acceptors (Lipinski definition) is 3. The van der Waals surface area contributed by atoms with Crippen LogP contribution in [0.1, 0.15) is 36.2 Å². The Morgan fingerprint density at radius 3 is 2.44 bits per heavy atom. The molecule has 0 saturated carbocycles. The van der Waals surface area contributed by atoms with Crippen LogP contribution in [0.2, 0.25) is 0 Å². The van der Waals surface area contributed by atoms with E-state index in [4.69, 9.17) is 5.73 Å². The summed E-state index contributed by atoms with van der Waals surface area (Å²) in [7, 11) is 1.75. The maximum absolute atomic E-state index is 12.2. The standard InChI is InChI=1S/C11H18N4O/c1-14-9(8-10(12)13-14)11(16)15-6-4-2-3-5-7-15/h8H,2-7H2,1H3,(H2,12,13). The molecule has 0 bridgehead atoms. The van der Waals surface area contributed by atoms with Gasteiger partial charge >= 0.3 is 0 Å². The predicted octanol–water partition coefficient (Wildman–Crippen LogP) is 1.02. The number of aryl methyl sites for hydroxylation is 1. The first-order chi connectivity index (χ1) is 7.68. The van der Waals surface area contributed by atoms with Crippen LogP contribution in [0.15, 0.2) is 6.07 Å². The van der Waals surface area contributed by atoms with Crippen LogP contribution in [0.5, 0.6) is 0 Å². The van der Waals surface area contributed by atoms with Crippen molar-refractivity contribution in [2.45, 2.75) is 25.7 Å². The lowest BCUT2D eigenvalue weighted by Crippen LogP contribution is -2.33. The lowest BCUT2D eigenvalue weighted by Gasteiger charge is -2.19. The molecule has 0 spiro atoms. The molecule has 88 valence electrons. The quantitative estimate of drug-likeness (QED) is 0.771. The number of carbonyl (C=O) groups excluding carboxylic acids is 1. The van der Waals surface area contributed by atoms with Crippen molar-refractivity contribution < 1.29 is 4.79 Å². The Kier molecular flexibility index (Phi) is 3.12. The zero-order valence-electron chi connectivity index (χ0n) is 9.65. The van der Waals surface area contributed by atoms with Gasteiger partial charge in [-0.2, -0.15) is 5.10 Å². The normalized spacial score (nSPS) is 17.2. The number of nitrogens with two attached hydrogens (primary N) is 1. The van der Waals surface area contributed by atoms with Gasteiger partial charge in [-0.3, -0.25) is 9.48 Å². The Morgan fingerprint density at radius 2 is 1.94 bits per heavy atom. The molecule has 0 unspecified atom stereocenters. The van der Waals surface area contributed by atoms with Crippen LogP contribution in [-0.4, -0.2) is 33.7 Å². The van der Waals surface area contributed by atoms with E-state index in [1.807, 2.05) is 4.90 Å². The van der Waals surface area contributed by atoms with Crippen LogP contribution in [0.25, 0.3) is 0 Å². The Hall–Kier alpha value is -1.52. The van der Waals surface area contributed by atoms with E-state index < -0.39 is 0 Å². The molecule has 0 aromatic carbocycles. The van der Waals surface area contributed by atoms with E-state index in [2.05, 4.69) is 5.10 Å². The number of amides is 1. The van der Waals surface area contributed by atoms with Gasteiger partial charge in [-0.1, -0.05) is 12.8 Å². The Morgan fingerprint density at radius 1 is 1.31 bits per heavy atom.